The maximum absolute atomic E-state index is 13.5. The minimum atomic E-state index is -0.312. The summed E-state index contributed by atoms with van der Waals surface area (Å²) in [4.78, 5) is 12.3. The summed E-state index contributed by atoms with van der Waals surface area (Å²) in [5, 5.41) is 12.2. The summed E-state index contributed by atoms with van der Waals surface area (Å²) in [6.45, 7) is 4.02. The zero-order chi connectivity index (χ0) is 22.5. The van der Waals surface area contributed by atoms with Gasteiger partial charge in [0, 0.05) is 17.4 Å². The van der Waals surface area contributed by atoms with Gasteiger partial charge in [-0.25, -0.2) is 4.39 Å². The Morgan fingerprint density at radius 1 is 1.12 bits per heavy atom. The van der Waals surface area contributed by atoms with Crippen molar-refractivity contribution in [1.82, 2.24) is 20.1 Å². The van der Waals surface area contributed by atoms with Crippen molar-refractivity contribution in [2.45, 2.75) is 37.2 Å². The molecule has 1 atom stereocenters. The summed E-state index contributed by atoms with van der Waals surface area (Å²) >= 11 is 1.50. The second-order valence-electron chi connectivity index (χ2n) is 7.36. The van der Waals surface area contributed by atoms with Crippen molar-refractivity contribution in [3.63, 3.8) is 0 Å². The molecule has 4 aromatic rings. The number of carbonyl (C=O) groups excluding carboxylic acids is 1. The van der Waals surface area contributed by atoms with Gasteiger partial charge >= 0.3 is 0 Å². The van der Waals surface area contributed by atoms with Crippen LogP contribution < -0.4 is 5.32 Å². The van der Waals surface area contributed by atoms with Gasteiger partial charge in [0.25, 0.3) is 5.91 Å². The number of aromatic nitrogens is 3. The smallest absolute Gasteiger partial charge is 0.251 e. The first-order valence-electron chi connectivity index (χ1n) is 10.3. The van der Waals surface area contributed by atoms with Gasteiger partial charge in [-0.15, -0.1) is 10.2 Å². The molecule has 0 aliphatic rings. The van der Waals surface area contributed by atoms with Crippen molar-refractivity contribution >= 4 is 17.7 Å². The fraction of sp³-hybridized carbons (Fsp3) is 0.208. The lowest BCUT2D eigenvalue weighted by molar-refractivity contribution is 0.0939. The molecule has 6 nitrogen and oxygen atoms in total. The van der Waals surface area contributed by atoms with Crippen molar-refractivity contribution in [2.24, 2.45) is 0 Å². The molecule has 0 radical (unpaired) electrons. The number of thioether (sulfide) groups is 1. The lowest BCUT2D eigenvalue weighted by Gasteiger charge is -2.12. The molecule has 0 aliphatic heterocycles. The first kappa shape index (κ1) is 21.8. The highest BCUT2D eigenvalue weighted by atomic mass is 32.2. The van der Waals surface area contributed by atoms with E-state index in [2.05, 4.69) is 15.5 Å². The molecule has 0 fully saturated rings. The van der Waals surface area contributed by atoms with E-state index in [1.54, 1.807) is 24.5 Å². The van der Waals surface area contributed by atoms with Crippen LogP contribution in [-0.4, -0.2) is 26.7 Å². The fourth-order valence-electron chi connectivity index (χ4n) is 3.06. The molecule has 1 unspecified atom stereocenters. The second kappa shape index (κ2) is 9.82. The minimum Gasteiger partial charge on any atom is -0.461 e. The number of hydrogen-bond acceptors (Lipinski definition) is 5. The number of hydrogen-bond donors (Lipinski definition) is 1. The van der Waals surface area contributed by atoms with Gasteiger partial charge in [-0.2, -0.15) is 0 Å². The summed E-state index contributed by atoms with van der Waals surface area (Å²) in [6, 6.07) is 17.4. The summed E-state index contributed by atoms with van der Waals surface area (Å²) in [5.41, 5.74) is 2.42. The lowest BCUT2D eigenvalue weighted by Crippen LogP contribution is -2.31. The Labute approximate surface area is 189 Å². The Bertz CT molecular complexity index is 1170. The first-order chi connectivity index (χ1) is 15.5. The topological polar surface area (TPSA) is 73.0 Å². The number of amides is 1. The predicted molar refractivity (Wildman–Crippen MR) is 122 cm³/mol. The van der Waals surface area contributed by atoms with Crippen LogP contribution in [0.5, 0.6) is 0 Å². The first-order valence-corrected chi connectivity index (χ1v) is 11.3. The SMILES string of the molecule is CCC(C)NC(=O)c1ccc(CSc2nnc(-c3ccco3)n2-c2ccc(F)cc2)cc1. The van der Waals surface area contributed by atoms with Gasteiger partial charge in [0.05, 0.1) is 12.0 Å². The van der Waals surface area contributed by atoms with Crippen molar-refractivity contribution in [3.05, 3.63) is 83.9 Å². The molecule has 2 heterocycles. The Morgan fingerprint density at radius 3 is 2.53 bits per heavy atom. The van der Waals surface area contributed by atoms with Crippen LogP contribution in [0.25, 0.3) is 17.3 Å². The van der Waals surface area contributed by atoms with E-state index in [9.17, 15) is 9.18 Å². The third-order valence-electron chi connectivity index (χ3n) is 5.03. The van der Waals surface area contributed by atoms with Gasteiger partial charge in [0.15, 0.2) is 10.9 Å². The van der Waals surface area contributed by atoms with Crippen molar-refractivity contribution in [3.8, 4) is 17.3 Å². The van der Waals surface area contributed by atoms with E-state index in [0.29, 0.717) is 28.1 Å². The van der Waals surface area contributed by atoms with Crippen LogP contribution in [0, 0.1) is 5.82 Å². The van der Waals surface area contributed by atoms with Crippen LogP contribution in [-0.2, 0) is 5.75 Å². The van der Waals surface area contributed by atoms with Crippen LogP contribution >= 0.6 is 11.8 Å². The molecule has 1 amide bonds. The molecule has 4 rings (SSSR count). The van der Waals surface area contributed by atoms with E-state index in [0.717, 1.165) is 17.7 Å². The molecule has 8 heteroatoms. The lowest BCUT2D eigenvalue weighted by atomic mass is 10.1. The maximum Gasteiger partial charge on any atom is 0.251 e. The van der Waals surface area contributed by atoms with Crippen LogP contribution in [0.1, 0.15) is 36.2 Å². The summed E-state index contributed by atoms with van der Waals surface area (Å²) in [7, 11) is 0. The fourth-order valence-corrected chi connectivity index (χ4v) is 3.97. The van der Waals surface area contributed by atoms with Crippen molar-refractivity contribution < 1.29 is 13.6 Å². The Balaban J connectivity index is 1.53. The van der Waals surface area contributed by atoms with Gasteiger partial charge in [0.1, 0.15) is 5.82 Å². The van der Waals surface area contributed by atoms with E-state index in [4.69, 9.17) is 4.42 Å². The van der Waals surface area contributed by atoms with E-state index in [1.807, 2.05) is 48.7 Å². The highest BCUT2D eigenvalue weighted by Gasteiger charge is 2.18. The largest absolute Gasteiger partial charge is 0.461 e. The number of halogens is 1. The third kappa shape index (κ3) is 4.91. The Hall–Kier alpha value is -3.39. The molecule has 0 aliphatic carbocycles. The molecule has 32 heavy (non-hydrogen) atoms. The molecule has 0 saturated carbocycles. The number of nitrogens with one attached hydrogen (secondary N) is 1. The second-order valence-corrected chi connectivity index (χ2v) is 8.31. The zero-order valence-electron chi connectivity index (χ0n) is 17.8. The predicted octanol–water partition coefficient (Wildman–Crippen LogP) is 5.49. The van der Waals surface area contributed by atoms with Crippen LogP contribution in [0.15, 0.2) is 76.5 Å². The molecular weight excluding hydrogens is 427 g/mol. The highest BCUT2D eigenvalue weighted by Crippen LogP contribution is 2.30. The van der Waals surface area contributed by atoms with Gasteiger partial charge in [0.2, 0.25) is 5.82 Å². The van der Waals surface area contributed by atoms with E-state index in [1.165, 1.54) is 23.9 Å². The standard InChI is InChI=1S/C24H23FN4O2S/c1-3-16(2)26-23(30)18-8-6-17(7-9-18)15-32-24-28-27-22(21-5-4-14-31-21)29(24)20-12-10-19(25)11-13-20/h4-14,16H,3,15H2,1-2H3,(H,26,30). The molecular formula is C24H23FN4O2S. The average molecular weight is 451 g/mol. The molecule has 0 bridgehead atoms. The minimum absolute atomic E-state index is 0.0716. The number of rotatable bonds is 8. The Morgan fingerprint density at radius 2 is 1.88 bits per heavy atom. The zero-order valence-corrected chi connectivity index (χ0v) is 18.6. The summed E-state index contributed by atoms with van der Waals surface area (Å²) in [5.74, 6) is 1.36. The van der Waals surface area contributed by atoms with Crippen molar-refractivity contribution in [1.29, 1.82) is 0 Å². The number of benzene rings is 2. The Kier molecular flexibility index (Phi) is 6.70. The number of carbonyl (C=O) groups is 1. The van der Waals surface area contributed by atoms with E-state index < -0.39 is 0 Å². The molecule has 1 N–H and O–H groups in total. The highest BCUT2D eigenvalue weighted by molar-refractivity contribution is 7.98. The van der Waals surface area contributed by atoms with Crippen LogP contribution in [0.2, 0.25) is 0 Å². The van der Waals surface area contributed by atoms with Gasteiger partial charge in [-0.3, -0.25) is 9.36 Å². The average Bonchev–Trinajstić information content (AvgIpc) is 3.48. The monoisotopic (exact) mass is 450 g/mol. The van der Waals surface area contributed by atoms with Gasteiger partial charge < -0.3 is 9.73 Å². The van der Waals surface area contributed by atoms with Gasteiger partial charge in [-0.05, 0) is 67.4 Å². The quantitative estimate of drug-likeness (QED) is 0.360. The number of furan rings is 1. The molecule has 0 saturated heterocycles. The third-order valence-corrected chi connectivity index (χ3v) is 6.03. The summed E-state index contributed by atoms with van der Waals surface area (Å²) < 4.78 is 20.8. The number of nitrogens with zero attached hydrogens (tertiary/aromatic N) is 3. The van der Waals surface area contributed by atoms with Crippen molar-refractivity contribution in [2.75, 3.05) is 0 Å². The molecule has 164 valence electrons. The maximum atomic E-state index is 13.5. The van der Waals surface area contributed by atoms with Gasteiger partial charge in [-0.1, -0.05) is 30.8 Å². The van der Waals surface area contributed by atoms with Crippen LogP contribution in [0.4, 0.5) is 4.39 Å². The molecule has 2 aromatic heterocycles. The molecule has 2 aromatic carbocycles. The van der Waals surface area contributed by atoms with E-state index >= 15 is 0 Å². The normalized spacial score (nSPS) is 12.0. The van der Waals surface area contributed by atoms with E-state index in [-0.39, 0.29) is 17.8 Å². The summed E-state index contributed by atoms with van der Waals surface area (Å²) in [6.07, 6.45) is 2.46. The molecule has 0 spiro atoms. The van der Waals surface area contributed by atoms with Crippen LogP contribution in [0.3, 0.4) is 0 Å².